The molecule has 6 nitrogen and oxygen atoms in total. The van der Waals surface area contributed by atoms with Crippen LogP contribution in [0.3, 0.4) is 0 Å². The Morgan fingerprint density at radius 1 is 1.20 bits per heavy atom. The van der Waals surface area contributed by atoms with Crippen molar-refractivity contribution in [2.45, 2.75) is 26.4 Å². The van der Waals surface area contributed by atoms with Crippen molar-refractivity contribution in [3.8, 4) is 11.4 Å². The number of carbonyl (C=O) groups is 1. The van der Waals surface area contributed by atoms with Gasteiger partial charge in [-0.3, -0.25) is 4.79 Å². The van der Waals surface area contributed by atoms with Crippen LogP contribution in [0.5, 0.6) is 0 Å². The highest BCUT2D eigenvalue weighted by molar-refractivity contribution is 6.04. The van der Waals surface area contributed by atoms with E-state index in [9.17, 15) is 4.79 Å². The maximum Gasteiger partial charge on any atom is 0.254 e. The van der Waals surface area contributed by atoms with Crippen LogP contribution in [0.25, 0.3) is 11.4 Å². The van der Waals surface area contributed by atoms with E-state index >= 15 is 0 Å². The van der Waals surface area contributed by atoms with E-state index < -0.39 is 0 Å². The summed E-state index contributed by atoms with van der Waals surface area (Å²) < 4.78 is 2.03. The molecule has 1 amide bonds. The molecule has 4 rings (SSSR count). The van der Waals surface area contributed by atoms with Crippen LogP contribution in [-0.4, -0.2) is 20.7 Å². The average Bonchev–Trinajstić information content (AvgIpc) is 3.23. The molecule has 126 valence electrons. The fourth-order valence-electron chi connectivity index (χ4n) is 3.10. The molecule has 0 spiro atoms. The first-order valence-corrected chi connectivity index (χ1v) is 8.30. The summed E-state index contributed by atoms with van der Waals surface area (Å²) in [7, 11) is 0. The quantitative estimate of drug-likeness (QED) is 0.766. The van der Waals surface area contributed by atoms with Crippen molar-refractivity contribution in [1.29, 1.82) is 0 Å². The zero-order chi connectivity index (χ0) is 17.4. The van der Waals surface area contributed by atoms with Gasteiger partial charge in [0.15, 0.2) is 5.82 Å². The smallest absolute Gasteiger partial charge is 0.254 e. The fourth-order valence-corrected chi connectivity index (χ4v) is 3.10. The van der Waals surface area contributed by atoms with Gasteiger partial charge in [0.1, 0.15) is 6.33 Å². The van der Waals surface area contributed by atoms with Gasteiger partial charge in [0.2, 0.25) is 0 Å². The summed E-state index contributed by atoms with van der Waals surface area (Å²) in [5.41, 5.74) is 4.44. The third kappa shape index (κ3) is 2.76. The van der Waals surface area contributed by atoms with E-state index in [2.05, 4.69) is 34.7 Å². The van der Waals surface area contributed by atoms with E-state index in [-0.39, 0.29) is 11.9 Å². The zero-order valence-corrected chi connectivity index (χ0v) is 14.2. The Morgan fingerprint density at radius 3 is 2.88 bits per heavy atom. The Labute approximate surface area is 145 Å². The maximum absolute atomic E-state index is 12.1. The minimum Gasteiger partial charge on any atom is -0.355 e. The van der Waals surface area contributed by atoms with Gasteiger partial charge in [-0.15, -0.1) is 10.2 Å². The highest BCUT2D eigenvalue weighted by Gasteiger charge is 2.22. The molecule has 6 heteroatoms. The van der Waals surface area contributed by atoms with Crippen LogP contribution in [0.4, 0.5) is 11.4 Å². The van der Waals surface area contributed by atoms with E-state index in [0.29, 0.717) is 6.54 Å². The lowest BCUT2D eigenvalue weighted by atomic mass is 10.1. The predicted molar refractivity (Wildman–Crippen MR) is 96.7 cm³/mol. The molecule has 0 saturated carbocycles. The van der Waals surface area contributed by atoms with E-state index in [1.807, 2.05) is 47.0 Å². The summed E-state index contributed by atoms with van der Waals surface area (Å²) in [6, 6.07) is 14.1. The number of amides is 1. The Bertz CT molecular complexity index is 944. The molecule has 2 aromatic carbocycles. The van der Waals surface area contributed by atoms with Gasteiger partial charge in [0.25, 0.3) is 5.91 Å². The lowest BCUT2D eigenvalue weighted by Crippen LogP contribution is -2.13. The van der Waals surface area contributed by atoms with E-state index in [4.69, 9.17) is 0 Å². The third-order valence-electron chi connectivity index (χ3n) is 4.35. The van der Waals surface area contributed by atoms with Crippen LogP contribution in [-0.2, 0) is 6.54 Å². The molecule has 0 aliphatic carbocycles. The first kappa shape index (κ1) is 15.4. The van der Waals surface area contributed by atoms with Gasteiger partial charge in [0.05, 0.1) is 11.3 Å². The molecule has 0 saturated heterocycles. The van der Waals surface area contributed by atoms with Crippen LogP contribution in [0.15, 0.2) is 48.8 Å². The first-order valence-electron chi connectivity index (χ1n) is 8.30. The second kappa shape index (κ2) is 6.05. The fraction of sp³-hybridized carbons (Fsp3) is 0.211. The first-order chi connectivity index (χ1) is 12.1. The van der Waals surface area contributed by atoms with Crippen molar-refractivity contribution < 1.29 is 4.79 Å². The normalized spacial score (nSPS) is 13.0. The van der Waals surface area contributed by atoms with Crippen molar-refractivity contribution in [3.63, 3.8) is 0 Å². The van der Waals surface area contributed by atoms with Crippen LogP contribution < -0.4 is 10.6 Å². The topological polar surface area (TPSA) is 71.8 Å². The van der Waals surface area contributed by atoms with E-state index in [0.717, 1.165) is 33.9 Å². The van der Waals surface area contributed by atoms with Crippen LogP contribution in [0.2, 0.25) is 0 Å². The standard InChI is InChI=1S/C19H19N5O/c1-12(2)24-11-21-23-18(24)13-5-3-7-15(9-13)22-16-8-4-6-14-10-20-19(25)17(14)16/h3-9,11-12,22H,10H2,1-2H3,(H,20,25). The number of rotatable bonds is 4. The van der Waals surface area contributed by atoms with Gasteiger partial charge in [-0.05, 0) is 37.6 Å². The molecular formula is C19H19N5O. The lowest BCUT2D eigenvalue weighted by Gasteiger charge is -2.13. The summed E-state index contributed by atoms with van der Waals surface area (Å²) in [4.78, 5) is 12.1. The minimum atomic E-state index is -0.0335. The zero-order valence-electron chi connectivity index (χ0n) is 14.2. The van der Waals surface area contributed by atoms with Crippen LogP contribution >= 0.6 is 0 Å². The highest BCUT2D eigenvalue weighted by atomic mass is 16.1. The molecule has 25 heavy (non-hydrogen) atoms. The van der Waals surface area contributed by atoms with Crippen molar-refractivity contribution in [2.75, 3.05) is 5.32 Å². The van der Waals surface area contributed by atoms with E-state index in [1.54, 1.807) is 6.33 Å². The SMILES string of the molecule is CC(C)n1cnnc1-c1cccc(Nc2cccc3c2C(=O)NC3)c1. The second-order valence-electron chi connectivity index (χ2n) is 6.38. The summed E-state index contributed by atoms with van der Waals surface area (Å²) in [6.07, 6.45) is 1.74. The maximum atomic E-state index is 12.1. The molecule has 1 aliphatic rings. The molecule has 0 unspecified atom stereocenters. The number of benzene rings is 2. The Morgan fingerprint density at radius 2 is 2.04 bits per heavy atom. The van der Waals surface area contributed by atoms with Gasteiger partial charge in [-0.1, -0.05) is 24.3 Å². The number of fused-ring (bicyclic) bond motifs is 1. The molecule has 1 aromatic heterocycles. The van der Waals surface area contributed by atoms with Gasteiger partial charge >= 0.3 is 0 Å². The van der Waals surface area contributed by atoms with E-state index in [1.165, 1.54) is 0 Å². The molecule has 0 atom stereocenters. The second-order valence-corrected chi connectivity index (χ2v) is 6.38. The summed E-state index contributed by atoms with van der Waals surface area (Å²) >= 11 is 0. The molecule has 3 aromatic rings. The van der Waals surface area contributed by atoms with Crippen LogP contribution in [0.1, 0.15) is 35.8 Å². The molecule has 1 aliphatic heterocycles. The average molecular weight is 333 g/mol. The van der Waals surface area contributed by atoms with Crippen LogP contribution in [0, 0.1) is 0 Å². The highest BCUT2D eigenvalue weighted by Crippen LogP contribution is 2.29. The summed E-state index contributed by atoms with van der Waals surface area (Å²) in [6.45, 7) is 4.78. The van der Waals surface area contributed by atoms with Gasteiger partial charge in [0, 0.05) is 23.8 Å². The third-order valence-corrected chi connectivity index (χ3v) is 4.35. The molecule has 0 bridgehead atoms. The van der Waals surface area contributed by atoms with Gasteiger partial charge in [-0.25, -0.2) is 0 Å². The monoisotopic (exact) mass is 333 g/mol. The molecule has 2 heterocycles. The minimum absolute atomic E-state index is 0.0335. The number of hydrogen-bond donors (Lipinski definition) is 2. The lowest BCUT2D eigenvalue weighted by molar-refractivity contribution is 0.0966. The Kier molecular flexibility index (Phi) is 3.72. The molecular weight excluding hydrogens is 314 g/mol. The van der Waals surface area contributed by atoms with Crippen molar-refractivity contribution in [2.24, 2.45) is 0 Å². The molecule has 0 radical (unpaired) electrons. The van der Waals surface area contributed by atoms with Crippen molar-refractivity contribution >= 4 is 17.3 Å². The number of anilines is 2. The summed E-state index contributed by atoms with van der Waals surface area (Å²) in [5, 5.41) is 14.5. The Balaban J connectivity index is 1.69. The largest absolute Gasteiger partial charge is 0.355 e. The summed E-state index contributed by atoms with van der Waals surface area (Å²) in [5.74, 6) is 0.795. The number of hydrogen-bond acceptors (Lipinski definition) is 4. The van der Waals surface area contributed by atoms with Crippen molar-refractivity contribution in [3.05, 3.63) is 59.9 Å². The van der Waals surface area contributed by atoms with Gasteiger partial charge in [-0.2, -0.15) is 0 Å². The predicted octanol–water partition coefficient (Wildman–Crippen LogP) is 3.51. The molecule has 2 N–H and O–H groups in total. The number of carbonyl (C=O) groups excluding carboxylic acids is 1. The number of aromatic nitrogens is 3. The number of nitrogens with zero attached hydrogens (tertiary/aromatic N) is 3. The Hall–Kier alpha value is -3.15. The number of nitrogens with one attached hydrogen (secondary N) is 2. The van der Waals surface area contributed by atoms with Gasteiger partial charge < -0.3 is 15.2 Å². The van der Waals surface area contributed by atoms with Crippen molar-refractivity contribution in [1.82, 2.24) is 20.1 Å². The molecule has 0 fully saturated rings.